The van der Waals surface area contributed by atoms with E-state index in [1.54, 1.807) is 39.0 Å². The van der Waals surface area contributed by atoms with Crippen LogP contribution in [0.3, 0.4) is 0 Å². The molecule has 3 rings (SSSR count). The largest absolute Gasteiger partial charge is 0.490 e. The fraction of sp³-hybridized carbons (Fsp3) is 0.444. The van der Waals surface area contributed by atoms with Crippen molar-refractivity contribution in [2.45, 2.75) is 46.9 Å². The van der Waals surface area contributed by atoms with Gasteiger partial charge in [-0.3, -0.25) is 18.1 Å². The second kappa shape index (κ2) is 15.3. The van der Waals surface area contributed by atoms with Crippen LogP contribution in [0.4, 0.5) is 4.39 Å². The number of ether oxygens (including phenoxy) is 1. The van der Waals surface area contributed by atoms with Crippen LogP contribution in [0.15, 0.2) is 48.5 Å². The molecule has 9 nitrogen and oxygen atoms in total. The third-order valence-electron chi connectivity index (χ3n) is 5.46. The molecule has 0 saturated carbocycles. The Morgan fingerprint density at radius 1 is 0.900 bits per heavy atom. The highest BCUT2D eigenvalue weighted by Crippen LogP contribution is 2.67. The van der Waals surface area contributed by atoms with E-state index in [-0.39, 0.29) is 44.3 Å². The highest BCUT2D eigenvalue weighted by molar-refractivity contribution is 7.55. The Bertz CT molecular complexity index is 1300. The average molecular weight is 616 g/mol. The first-order valence-electron chi connectivity index (χ1n) is 13.1. The van der Waals surface area contributed by atoms with Gasteiger partial charge >= 0.3 is 15.4 Å². The second-order valence-corrected chi connectivity index (χ2v) is 13.2. The molecule has 0 aliphatic rings. The molecule has 13 heteroatoms. The van der Waals surface area contributed by atoms with E-state index < -0.39 is 27.1 Å². The van der Waals surface area contributed by atoms with Gasteiger partial charge in [0.05, 0.1) is 38.7 Å². The highest BCUT2D eigenvalue weighted by atomic mass is 32.1. The van der Waals surface area contributed by atoms with Crippen LogP contribution in [-0.4, -0.2) is 38.0 Å². The molecular formula is C27H36FNO8P2S. The predicted molar refractivity (Wildman–Crippen MR) is 153 cm³/mol. The summed E-state index contributed by atoms with van der Waals surface area (Å²) in [5.74, 6) is -2.32. The van der Waals surface area contributed by atoms with Crippen LogP contribution in [0, 0.1) is 12.7 Å². The Morgan fingerprint density at radius 2 is 1.52 bits per heavy atom. The molecule has 0 amide bonds. The fourth-order valence-electron chi connectivity index (χ4n) is 3.78. The molecule has 0 N–H and O–H groups in total. The first-order valence-corrected chi connectivity index (χ1v) is 17.0. The lowest BCUT2D eigenvalue weighted by Gasteiger charge is -2.29. The lowest BCUT2D eigenvalue weighted by Crippen LogP contribution is -2.12. The van der Waals surface area contributed by atoms with Crippen LogP contribution in [-0.2, 0) is 38.2 Å². The Morgan fingerprint density at radius 3 is 2.10 bits per heavy atom. The van der Waals surface area contributed by atoms with Crippen molar-refractivity contribution in [1.82, 2.24) is 4.98 Å². The summed E-state index contributed by atoms with van der Waals surface area (Å²) in [4.78, 5) is 5.78. The van der Waals surface area contributed by atoms with Crippen molar-refractivity contribution in [3.8, 4) is 16.3 Å². The van der Waals surface area contributed by atoms with Crippen molar-refractivity contribution in [3.63, 3.8) is 0 Å². The minimum Gasteiger partial charge on any atom is -0.490 e. The maximum absolute atomic E-state index is 15.2. The van der Waals surface area contributed by atoms with Gasteiger partial charge in [0.1, 0.15) is 5.01 Å². The van der Waals surface area contributed by atoms with E-state index in [2.05, 4.69) is 0 Å². The van der Waals surface area contributed by atoms with E-state index in [1.807, 2.05) is 37.3 Å². The molecule has 0 saturated heterocycles. The van der Waals surface area contributed by atoms with Crippen molar-refractivity contribution in [2.24, 2.45) is 0 Å². The van der Waals surface area contributed by atoms with Gasteiger partial charge in [0.2, 0.25) is 0 Å². The number of rotatable bonds is 17. The van der Waals surface area contributed by atoms with Gasteiger partial charge in [0.25, 0.3) is 0 Å². The molecule has 220 valence electrons. The van der Waals surface area contributed by atoms with Gasteiger partial charge in [-0.05, 0) is 52.3 Å². The van der Waals surface area contributed by atoms with Crippen LogP contribution >= 0.6 is 26.8 Å². The lowest BCUT2D eigenvalue weighted by molar-refractivity contribution is 0.0891. The number of benzene rings is 2. The van der Waals surface area contributed by atoms with E-state index in [4.69, 9.17) is 32.3 Å². The minimum atomic E-state index is -4.18. The summed E-state index contributed by atoms with van der Waals surface area (Å²) in [6.45, 7) is 8.67. The number of thiazole rings is 1. The smallest absolute Gasteiger partial charge is 0.475 e. The molecule has 0 fully saturated rings. The monoisotopic (exact) mass is 615 g/mol. The normalized spacial score (nSPS) is 12.9. The molecule has 0 radical (unpaired) electrons. The molecule has 40 heavy (non-hydrogen) atoms. The van der Waals surface area contributed by atoms with Crippen LogP contribution < -0.4 is 4.74 Å². The predicted octanol–water partition coefficient (Wildman–Crippen LogP) is 8.34. The van der Waals surface area contributed by atoms with Crippen LogP contribution in [0.1, 0.15) is 49.7 Å². The maximum atomic E-state index is 15.2. The summed E-state index contributed by atoms with van der Waals surface area (Å²) in [6.07, 6.45) is 0.484. The van der Waals surface area contributed by atoms with Gasteiger partial charge in [0, 0.05) is 16.9 Å². The standard InChI is InChI=1S/C27H36FNO8P2S/c1-6-33-38(30,34-7-2)27(37-39(31,35-8-3)36-9-4)22-15-16-25(23(28)19-22)32-18-17-24-20(5)40-26(29-24)21-13-11-10-12-14-21/h10-16,19,27H,6-9,17-18H2,1-5H3. The number of nitrogens with zero attached hydrogens (tertiary/aromatic N) is 1. The number of phosphoric ester groups is 1. The Kier molecular flexibility index (Phi) is 12.5. The van der Waals surface area contributed by atoms with Gasteiger partial charge in [-0.15, -0.1) is 11.3 Å². The molecule has 1 unspecified atom stereocenters. The van der Waals surface area contributed by atoms with Crippen molar-refractivity contribution < 1.29 is 40.9 Å². The van der Waals surface area contributed by atoms with Crippen LogP contribution in [0.2, 0.25) is 0 Å². The van der Waals surface area contributed by atoms with E-state index in [0.29, 0.717) is 6.42 Å². The Hall–Kier alpha value is -1.94. The first-order chi connectivity index (χ1) is 19.2. The summed E-state index contributed by atoms with van der Waals surface area (Å²) in [7, 11) is -8.27. The number of hydrogen-bond donors (Lipinski definition) is 0. The van der Waals surface area contributed by atoms with E-state index in [9.17, 15) is 9.13 Å². The lowest BCUT2D eigenvalue weighted by atomic mass is 10.2. The highest BCUT2D eigenvalue weighted by Gasteiger charge is 2.44. The second-order valence-electron chi connectivity index (χ2n) is 8.29. The van der Waals surface area contributed by atoms with Crippen molar-refractivity contribution in [3.05, 3.63) is 70.5 Å². The molecule has 0 aliphatic heterocycles. The molecule has 0 spiro atoms. The number of aryl methyl sites for hydroxylation is 1. The van der Waals surface area contributed by atoms with E-state index in [0.717, 1.165) is 27.2 Å². The summed E-state index contributed by atoms with van der Waals surface area (Å²) in [6, 6.07) is 13.8. The number of hydrogen-bond acceptors (Lipinski definition) is 10. The van der Waals surface area contributed by atoms with Crippen molar-refractivity contribution in [2.75, 3.05) is 33.0 Å². The van der Waals surface area contributed by atoms with Gasteiger partial charge in [-0.2, -0.15) is 0 Å². The summed E-state index contributed by atoms with van der Waals surface area (Å²) in [5.41, 5.74) is 1.99. The molecule has 0 bridgehead atoms. The first kappa shape index (κ1) is 32.6. The Labute approximate surface area is 239 Å². The zero-order valence-electron chi connectivity index (χ0n) is 23.3. The fourth-order valence-corrected chi connectivity index (χ4v) is 8.34. The van der Waals surface area contributed by atoms with Crippen molar-refractivity contribution >= 4 is 26.8 Å². The number of halogens is 1. The third kappa shape index (κ3) is 8.54. The maximum Gasteiger partial charge on any atom is 0.475 e. The van der Waals surface area contributed by atoms with Gasteiger partial charge in [0.15, 0.2) is 17.4 Å². The SMILES string of the molecule is CCOP(=O)(OCC)OC(c1ccc(OCCc2nc(-c3ccccc3)sc2C)c(F)c1)P(=O)(OCC)OCC. The van der Waals surface area contributed by atoms with Gasteiger partial charge in [-0.1, -0.05) is 36.4 Å². The molecule has 1 atom stereocenters. The average Bonchev–Trinajstić information content (AvgIpc) is 3.29. The molecule has 2 aromatic carbocycles. The molecule has 3 aromatic rings. The molecule has 1 heterocycles. The van der Waals surface area contributed by atoms with E-state index in [1.165, 1.54) is 12.1 Å². The van der Waals surface area contributed by atoms with E-state index >= 15 is 4.39 Å². The van der Waals surface area contributed by atoms with Gasteiger partial charge < -0.3 is 13.8 Å². The van der Waals surface area contributed by atoms with Gasteiger partial charge in [-0.25, -0.2) is 13.9 Å². The minimum absolute atomic E-state index is 0.00398. The quantitative estimate of drug-likeness (QED) is 0.139. The summed E-state index contributed by atoms with van der Waals surface area (Å²) in [5, 5.41) is 0.916. The zero-order chi connectivity index (χ0) is 29.2. The molecule has 1 aromatic heterocycles. The molecule has 0 aliphatic carbocycles. The number of aromatic nitrogens is 1. The van der Waals surface area contributed by atoms with Crippen LogP contribution in [0.25, 0.3) is 10.6 Å². The summed E-state index contributed by atoms with van der Waals surface area (Å²) >= 11 is 1.60. The Balaban J connectivity index is 1.80. The summed E-state index contributed by atoms with van der Waals surface area (Å²) < 4.78 is 74.8. The zero-order valence-corrected chi connectivity index (χ0v) is 25.9. The molecular weight excluding hydrogens is 579 g/mol. The van der Waals surface area contributed by atoms with Crippen LogP contribution in [0.5, 0.6) is 5.75 Å². The van der Waals surface area contributed by atoms with Crippen molar-refractivity contribution in [1.29, 1.82) is 0 Å². The topological polar surface area (TPSA) is 102 Å². The number of phosphoric acid groups is 1. The third-order valence-corrected chi connectivity index (χ3v) is 10.5.